The molecule has 0 fully saturated rings. The number of benzene rings is 2. The molecule has 0 heterocycles. The summed E-state index contributed by atoms with van der Waals surface area (Å²) in [4.78, 5) is 13.0. The van der Waals surface area contributed by atoms with Crippen molar-refractivity contribution >= 4 is 17.2 Å². The molecule has 0 unspecified atom stereocenters. The molecule has 0 aromatic heterocycles. The lowest BCUT2D eigenvalue weighted by molar-refractivity contribution is 0.101. The lowest BCUT2D eigenvalue weighted by Crippen LogP contribution is -2.11. The highest BCUT2D eigenvalue weighted by molar-refractivity contribution is 5.94. The number of carbonyl (C=O) groups is 1. The maximum atomic E-state index is 14.0. The Labute approximate surface area is 112 Å². The predicted octanol–water partition coefficient (Wildman–Crippen LogP) is 4.10. The number of hydrogen-bond donors (Lipinski definition) is 0. The van der Waals surface area contributed by atoms with E-state index in [0.29, 0.717) is 11.3 Å². The van der Waals surface area contributed by atoms with Crippen molar-refractivity contribution in [2.24, 2.45) is 0 Å². The largest absolute Gasteiger partial charge is 0.342 e. The van der Waals surface area contributed by atoms with E-state index < -0.39 is 5.82 Å². The summed E-state index contributed by atoms with van der Waals surface area (Å²) in [7, 11) is 1.80. The average molecular weight is 257 g/mol. The highest BCUT2D eigenvalue weighted by atomic mass is 19.1. The molecule has 0 saturated heterocycles. The number of nitrogens with zero attached hydrogens (tertiary/aromatic N) is 1. The fourth-order valence-corrected chi connectivity index (χ4v) is 1.91. The summed E-state index contributed by atoms with van der Waals surface area (Å²) in [5, 5.41) is 0. The van der Waals surface area contributed by atoms with Crippen LogP contribution in [0.1, 0.15) is 22.8 Å². The number of ketones is 1. The summed E-state index contributed by atoms with van der Waals surface area (Å²) in [5.74, 6) is -0.529. The molecule has 3 heteroatoms. The van der Waals surface area contributed by atoms with Gasteiger partial charge in [0.15, 0.2) is 5.78 Å². The van der Waals surface area contributed by atoms with Gasteiger partial charge >= 0.3 is 0 Å². The van der Waals surface area contributed by atoms with Gasteiger partial charge in [0.05, 0.1) is 5.69 Å². The molecule has 2 nitrogen and oxygen atoms in total. The normalized spacial score (nSPS) is 10.3. The van der Waals surface area contributed by atoms with E-state index in [1.165, 1.54) is 13.0 Å². The Balaban J connectivity index is 2.36. The van der Waals surface area contributed by atoms with Crippen LogP contribution in [-0.2, 0) is 0 Å². The first-order valence-electron chi connectivity index (χ1n) is 6.10. The van der Waals surface area contributed by atoms with Crippen LogP contribution >= 0.6 is 0 Å². The molecular formula is C16H16FNO. The van der Waals surface area contributed by atoms with E-state index >= 15 is 0 Å². The molecule has 0 bridgehead atoms. The van der Waals surface area contributed by atoms with Crippen LogP contribution in [-0.4, -0.2) is 12.8 Å². The van der Waals surface area contributed by atoms with Crippen LogP contribution in [0.25, 0.3) is 0 Å². The monoisotopic (exact) mass is 257 g/mol. The van der Waals surface area contributed by atoms with E-state index in [4.69, 9.17) is 0 Å². The summed E-state index contributed by atoms with van der Waals surface area (Å²) >= 11 is 0. The van der Waals surface area contributed by atoms with Gasteiger partial charge in [0.1, 0.15) is 5.82 Å². The highest BCUT2D eigenvalue weighted by Gasteiger charge is 2.11. The van der Waals surface area contributed by atoms with Crippen LogP contribution in [0.2, 0.25) is 0 Å². The van der Waals surface area contributed by atoms with Gasteiger partial charge < -0.3 is 4.90 Å². The highest BCUT2D eigenvalue weighted by Crippen LogP contribution is 2.27. The topological polar surface area (TPSA) is 20.3 Å². The Bertz CT molecular complexity index is 605. The fraction of sp³-hybridized carbons (Fsp3) is 0.188. The Kier molecular flexibility index (Phi) is 3.65. The molecule has 19 heavy (non-hydrogen) atoms. The van der Waals surface area contributed by atoms with Crippen LogP contribution < -0.4 is 4.90 Å². The second kappa shape index (κ2) is 5.22. The van der Waals surface area contributed by atoms with Crippen molar-refractivity contribution in [1.82, 2.24) is 0 Å². The lowest BCUT2D eigenvalue weighted by atomic mass is 10.1. The van der Waals surface area contributed by atoms with Crippen molar-refractivity contribution in [3.05, 3.63) is 59.4 Å². The molecule has 0 aliphatic carbocycles. The Hall–Kier alpha value is -2.16. The molecule has 0 N–H and O–H groups in total. The summed E-state index contributed by atoms with van der Waals surface area (Å²) < 4.78 is 14.0. The number of hydrogen-bond acceptors (Lipinski definition) is 2. The van der Waals surface area contributed by atoms with E-state index in [0.717, 1.165) is 11.3 Å². The third-order valence-corrected chi connectivity index (χ3v) is 3.14. The van der Waals surface area contributed by atoms with E-state index in [9.17, 15) is 9.18 Å². The van der Waals surface area contributed by atoms with Crippen molar-refractivity contribution in [2.75, 3.05) is 11.9 Å². The van der Waals surface area contributed by atoms with Crippen LogP contribution in [0.3, 0.4) is 0 Å². The van der Waals surface area contributed by atoms with E-state index in [-0.39, 0.29) is 5.78 Å². The smallest absolute Gasteiger partial charge is 0.159 e. The maximum absolute atomic E-state index is 14.0. The molecule has 98 valence electrons. The summed E-state index contributed by atoms with van der Waals surface area (Å²) in [6.45, 7) is 3.43. The standard InChI is InChI=1S/C16H16FNO/c1-11-4-7-14(8-5-11)18(3)16-9-6-13(12(2)19)10-15(16)17/h4-10H,1-3H3. The zero-order valence-corrected chi connectivity index (χ0v) is 11.3. The van der Waals surface area contributed by atoms with Gasteiger partial charge in [0.2, 0.25) is 0 Å². The molecule has 0 aliphatic rings. The summed E-state index contributed by atoms with van der Waals surface area (Å²) in [6.07, 6.45) is 0. The van der Waals surface area contributed by atoms with Gasteiger partial charge in [-0.3, -0.25) is 4.79 Å². The van der Waals surface area contributed by atoms with Gasteiger partial charge in [-0.05, 0) is 44.2 Å². The van der Waals surface area contributed by atoms with Gasteiger partial charge in [-0.2, -0.15) is 0 Å². The van der Waals surface area contributed by atoms with E-state index in [1.807, 2.05) is 31.2 Å². The van der Waals surface area contributed by atoms with Crippen molar-refractivity contribution in [1.29, 1.82) is 0 Å². The van der Waals surface area contributed by atoms with Crippen LogP contribution in [0.15, 0.2) is 42.5 Å². The second-order valence-electron chi connectivity index (χ2n) is 4.62. The second-order valence-corrected chi connectivity index (χ2v) is 4.62. The van der Waals surface area contributed by atoms with Gasteiger partial charge in [-0.15, -0.1) is 0 Å². The summed E-state index contributed by atoms with van der Waals surface area (Å²) in [5.41, 5.74) is 2.90. The predicted molar refractivity (Wildman–Crippen MR) is 75.6 cm³/mol. The minimum atomic E-state index is -0.393. The fourth-order valence-electron chi connectivity index (χ4n) is 1.91. The molecular weight excluding hydrogens is 241 g/mol. The molecule has 0 amide bonds. The van der Waals surface area contributed by atoms with E-state index in [1.54, 1.807) is 24.1 Å². The first-order valence-corrected chi connectivity index (χ1v) is 6.10. The zero-order valence-electron chi connectivity index (χ0n) is 11.3. The van der Waals surface area contributed by atoms with Gasteiger partial charge in [-0.25, -0.2) is 4.39 Å². The number of carbonyl (C=O) groups excluding carboxylic acids is 1. The molecule has 0 aliphatic heterocycles. The van der Waals surface area contributed by atoms with Crippen molar-refractivity contribution < 1.29 is 9.18 Å². The van der Waals surface area contributed by atoms with Crippen LogP contribution in [0.4, 0.5) is 15.8 Å². The molecule has 2 rings (SSSR count). The molecule has 0 saturated carbocycles. The summed E-state index contributed by atoms with van der Waals surface area (Å²) in [6, 6.07) is 12.4. The van der Waals surface area contributed by atoms with Crippen LogP contribution in [0, 0.1) is 12.7 Å². The third-order valence-electron chi connectivity index (χ3n) is 3.14. The van der Waals surface area contributed by atoms with Crippen LogP contribution in [0.5, 0.6) is 0 Å². The number of rotatable bonds is 3. The quantitative estimate of drug-likeness (QED) is 0.771. The first-order chi connectivity index (χ1) is 8.99. The minimum absolute atomic E-state index is 0.136. The number of aryl methyl sites for hydroxylation is 1. The van der Waals surface area contributed by atoms with Gasteiger partial charge in [0.25, 0.3) is 0 Å². The first kappa shape index (κ1) is 13.3. The van der Waals surface area contributed by atoms with E-state index in [2.05, 4.69) is 0 Å². The number of halogens is 1. The number of anilines is 2. The zero-order chi connectivity index (χ0) is 14.0. The SMILES string of the molecule is CC(=O)c1ccc(N(C)c2ccc(C)cc2)c(F)c1. The molecule has 2 aromatic rings. The third kappa shape index (κ3) is 2.81. The van der Waals surface area contributed by atoms with Crippen molar-refractivity contribution in [3.8, 4) is 0 Å². The Morgan fingerprint density at radius 1 is 1.11 bits per heavy atom. The maximum Gasteiger partial charge on any atom is 0.159 e. The Morgan fingerprint density at radius 2 is 1.74 bits per heavy atom. The minimum Gasteiger partial charge on any atom is -0.342 e. The Morgan fingerprint density at radius 3 is 2.26 bits per heavy atom. The van der Waals surface area contributed by atoms with Gasteiger partial charge in [-0.1, -0.05) is 17.7 Å². The average Bonchev–Trinajstić information content (AvgIpc) is 2.38. The van der Waals surface area contributed by atoms with Crippen molar-refractivity contribution in [2.45, 2.75) is 13.8 Å². The lowest BCUT2D eigenvalue weighted by Gasteiger charge is -2.20. The van der Waals surface area contributed by atoms with Crippen molar-refractivity contribution in [3.63, 3.8) is 0 Å². The molecule has 0 radical (unpaired) electrons. The molecule has 0 spiro atoms. The molecule has 2 aromatic carbocycles. The molecule has 0 atom stereocenters. The van der Waals surface area contributed by atoms with Gasteiger partial charge in [0, 0.05) is 18.3 Å². The number of Topliss-reactive ketones (excluding diaryl/α,β-unsaturated/α-hetero) is 1.